The van der Waals surface area contributed by atoms with Gasteiger partial charge in [0.2, 0.25) is 0 Å². The van der Waals surface area contributed by atoms with Gasteiger partial charge in [0.05, 0.1) is 30.6 Å². The first-order chi connectivity index (χ1) is 10.8. The highest BCUT2D eigenvalue weighted by Crippen LogP contribution is 2.31. The minimum Gasteiger partial charge on any atom is -0.373 e. The number of nitrogens with zero attached hydrogens (tertiary/aromatic N) is 5. The number of nitrogens with one attached hydrogen (secondary N) is 1. The summed E-state index contributed by atoms with van der Waals surface area (Å²) >= 11 is 0. The van der Waals surface area contributed by atoms with E-state index in [1.54, 1.807) is 6.20 Å². The minimum absolute atomic E-state index is 0.253. The fourth-order valence-electron chi connectivity index (χ4n) is 3.42. The molecule has 7 nitrogen and oxygen atoms in total. The first kappa shape index (κ1) is 13.7. The van der Waals surface area contributed by atoms with Crippen LogP contribution < -0.4 is 5.32 Å². The Morgan fingerprint density at radius 2 is 2.41 bits per heavy atom. The molecule has 22 heavy (non-hydrogen) atoms. The standard InChI is InChI=1S/C15H20N6O/c1-16-15-11(3-2-5-17-15)8-20-6-4-14-13(9-20)21-12(10-22-14)7-18-19-21/h2-3,5,7,13-14H,4,6,8-10H2,1H3,(H,16,17)/t13-,14+/m0/s1. The average molecular weight is 300 g/mol. The van der Waals surface area contributed by atoms with Gasteiger partial charge in [-0.3, -0.25) is 4.90 Å². The topological polar surface area (TPSA) is 68.1 Å². The van der Waals surface area contributed by atoms with Gasteiger partial charge in [-0.2, -0.15) is 0 Å². The number of hydrogen-bond donors (Lipinski definition) is 1. The molecule has 0 aliphatic carbocycles. The number of anilines is 1. The maximum atomic E-state index is 5.96. The zero-order valence-corrected chi connectivity index (χ0v) is 12.6. The number of piperidine rings is 1. The van der Waals surface area contributed by atoms with Crippen molar-refractivity contribution in [2.24, 2.45) is 0 Å². The van der Waals surface area contributed by atoms with Crippen LogP contribution in [-0.2, 0) is 17.9 Å². The molecule has 0 amide bonds. The van der Waals surface area contributed by atoms with Gasteiger partial charge in [-0.1, -0.05) is 11.3 Å². The highest BCUT2D eigenvalue weighted by molar-refractivity contribution is 5.42. The van der Waals surface area contributed by atoms with E-state index >= 15 is 0 Å². The third kappa shape index (κ3) is 2.36. The third-order valence-corrected chi connectivity index (χ3v) is 4.53. The molecule has 1 N–H and O–H groups in total. The van der Waals surface area contributed by atoms with Gasteiger partial charge in [-0.15, -0.1) is 5.10 Å². The lowest BCUT2D eigenvalue weighted by atomic mass is 10.00. The molecule has 2 aromatic rings. The summed E-state index contributed by atoms with van der Waals surface area (Å²) in [6.07, 6.45) is 4.90. The molecule has 2 aromatic heterocycles. The summed E-state index contributed by atoms with van der Waals surface area (Å²) in [5.74, 6) is 0.950. The van der Waals surface area contributed by atoms with Crippen LogP contribution in [0.4, 0.5) is 5.82 Å². The van der Waals surface area contributed by atoms with Crippen LogP contribution in [0.2, 0.25) is 0 Å². The number of likely N-dealkylation sites (tertiary alicyclic amines) is 1. The zero-order valence-electron chi connectivity index (χ0n) is 12.6. The monoisotopic (exact) mass is 300 g/mol. The Kier molecular flexibility index (Phi) is 3.51. The zero-order chi connectivity index (χ0) is 14.9. The molecule has 0 unspecified atom stereocenters. The van der Waals surface area contributed by atoms with Crippen molar-refractivity contribution in [3.05, 3.63) is 35.8 Å². The molecule has 116 valence electrons. The second-order valence-corrected chi connectivity index (χ2v) is 5.87. The van der Waals surface area contributed by atoms with Gasteiger partial charge in [-0.25, -0.2) is 9.67 Å². The molecule has 4 rings (SSSR count). The van der Waals surface area contributed by atoms with E-state index in [9.17, 15) is 0 Å². The van der Waals surface area contributed by atoms with E-state index in [1.165, 1.54) is 5.56 Å². The summed E-state index contributed by atoms with van der Waals surface area (Å²) in [5.41, 5.74) is 2.29. The summed E-state index contributed by atoms with van der Waals surface area (Å²) in [6.45, 7) is 3.47. The predicted molar refractivity (Wildman–Crippen MR) is 81.3 cm³/mol. The van der Waals surface area contributed by atoms with Crippen LogP contribution in [0.25, 0.3) is 0 Å². The van der Waals surface area contributed by atoms with E-state index in [0.29, 0.717) is 6.61 Å². The summed E-state index contributed by atoms with van der Waals surface area (Å²) in [6, 6.07) is 4.38. The Morgan fingerprint density at radius 3 is 3.32 bits per heavy atom. The van der Waals surface area contributed by atoms with Crippen LogP contribution in [0.1, 0.15) is 23.7 Å². The molecule has 0 spiro atoms. The lowest BCUT2D eigenvalue weighted by Gasteiger charge is -2.41. The van der Waals surface area contributed by atoms with E-state index in [4.69, 9.17) is 4.74 Å². The molecule has 0 radical (unpaired) electrons. The van der Waals surface area contributed by atoms with Crippen molar-refractivity contribution in [3.63, 3.8) is 0 Å². The molecular weight excluding hydrogens is 280 g/mol. The van der Waals surface area contributed by atoms with Crippen molar-refractivity contribution in [3.8, 4) is 0 Å². The van der Waals surface area contributed by atoms with Crippen LogP contribution in [0.15, 0.2) is 24.5 Å². The van der Waals surface area contributed by atoms with E-state index in [0.717, 1.165) is 37.6 Å². The highest BCUT2D eigenvalue weighted by Gasteiger charge is 2.36. The van der Waals surface area contributed by atoms with Crippen LogP contribution in [-0.4, -0.2) is 51.1 Å². The predicted octanol–water partition coefficient (Wildman–Crippen LogP) is 1.06. The van der Waals surface area contributed by atoms with Gasteiger partial charge in [0.1, 0.15) is 5.82 Å². The van der Waals surface area contributed by atoms with Gasteiger partial charge in [0.25, 0.3) is 0 Å². The SMILES string of the molecule is CNc1ncccc1CN1CC[C@H]2OCc3cnnn3[C@H]2C1. The van der Waals surface area contributed by atoms with E-state index in [-0.39, 0.29) is 12.1 Å². The first-order valence-corrected chi connectivity index (χ1v) is 7.70. The Morgan fingerprint density at radius 1 is 1.45 bits per heavy atom. The van der Waals surface area contributed by atoms with Crippen molar-refractivity contribution in [1.29, 1.82) is 0 Å². The first-order valence-electron chi connectivity index (χ1n) is 7.70. The van der Waals surface area contributed by atoms with E-state index < -0.39 is 0 Å². The van der Waals surface area contributed by atoms with Gasteiger partial charge in [0, 0.05) is 38.4 Å². The molecule has 0 saturated carbocycles. The lowest BCUT2D eigenvalue weighted by Crippen LogP contribution is -2.47. The number of pyridine rings is 1. The van der Waals surface area contributed by atoms with Crippen molar-refractivity contribution in [2.45, 2.75) is 31.7 Å². The average Bonchev–Trinajstić information content (AvgIpc) is 3.04. The van der Waals surface area contributed by atoms with Gasteiger partial charge >= 0.3 is 0 Å². The molecular formula is C15H20N6O. The normalized spacial score (nSPS) is 24.6. The number of hydrogen-bond acceptors (Lipinski definition) is 6. The molecule has 1 saturated heterocycles. The second kappa shape index (κ2) is 5.66. The summed E-state index contributed by atoms with van der Waals surface area (Å²) in [5, 5.41) is 11.4. The molecule has 2 atom stereocenters. The van der Waals surface area contributed by atoms with Gasteiger partial charge in [0.15, 0.2) is 0 Å². The maximum Gasteiger partial charge on any atom is 0.130 e. The smallest absolute Gasteiger partial charge is 0.130 e. The number of fused-ring (bicyclic) bond motifs is 3. The summed E-state index contributed by atoms with van der Waals surface area (Å²) < 4.78 is 8.00. The third-order valence-electron chi connectivity index (χ3n) is 4.53. The number of aromatic nitrogens is 4. The molecule has 2 aliphatic heterocycles. The molecule has 4 heterocycles. The molecule has 7 heteroatoms. The Labute approximate surface area is 129 Å². The summed E-state index contributed by atoms with van der Waals surface area (Å²) in [4.78, 5) is 6.83. The van der Waals surface area contributed by atoms with Crippen LogP contribution >= 0.6 is 0 Å². The quantitative estimate of drug-likeness (QED) is 0.914. The second-order valence-electron chi connectivity index (χ2n) is 5.87. The van der Waals surface area contributed by atoms with Crippen LogP contribution in [0.5, 0.6) is 0 Å². The van der Waals surface area contributed by atoms with Crippen molar-refractivity contribution in [1.82, 2.24) is 24.9 Å². The minimum atomic E-state index is 0.253. The number of ether oxygens (including phenoxy) is 1. The number of rotatable bonds is 3. The summed E-state index contributed by atoms with van der Waals surface area (Å²) in [7, 11) is 1.91. The molecule has 2 aliphatic rings. The van der Waals surface area contributed by atoms with Gasteiger partial charge < -0.3 is 10.1 Å². The van der Waals surface area contributed by atoms with E-state index in [1.807, 2.05) is 24.0 Å². The van der Waals surface area contributed by atoms with Crippen LogP contribution in [0.3, 0.4) is 0 Å². The Hall–Kier alpha value is -1.99. The van der Waals surface area contributed by atoms with Crippen molar-refractivity contribution < 1.29 is 4.74 Å². The van der Waals surface area contributed by atoms with Gasteiger partial charge in [-0.05, 0) is 12.5 Å². The molecule has 1 fully saturated rings. The fourth-order valence-corrected chi connectivity index (χ4v) is 3.42. The lowest BCUT2D eigenvalue weighted by molar-refractivity contribution is -0.0669. The maximum absolute atomic E-state index is 5.96. The fraction of sp³-hybridized carbons (Fsp3) is 0.533. The van der Waals surface area contributed by atoms with E-state index in [2.05, 4.69) is 31.6 Å². The Bertz CT molecular complexity index is 657. The van der Waals surface area contributed by atoms with Crippen LogP contribution in [0, 0.1) is 0 Å². The van der Waals surface area contributed by atoms with Crippen molar-refractivity contribution >= 4 is 5.82 Å². The molecule has 0 bridgehead atoms. The Balaban J connectivity index is 1.52. The highest BCUT2D eigenvalue weighted by atomic mass is 16.5. The molecule has 0 aromatic carbocycles. The largest absolute Gasteiger partial charge is 0.373 e. The van der Waals surface area contributed by atoms with Crippen molar-refractivity contribution in [2.75, 3.05) is 25.5 Å².